The molecule has 107 heavy (non-hydrogen) atoms. The molecule has 0 spiro atoms. The Bertz CT molecular complexity index is 4400. The molecule has 0 bridgehead atoms. The van der Waals surface area contributed by atoms with Crippen molar-refractivity contribution in [1.29, 1.82) is 0 Å². The highest BCUT2D eigenvalue weighted by atomic mass is 16.5. The van der Waals surface area contributed by atoms with E-state index in [1.54, 1.807) is 41.9 Å². The van der Waals surface area contributed by atoms with Crippen molar-refractivity contribution in [3.05, 3.63) is 93.6 Å². The zero-order chi connectivity index (χ0) is 76.7. The molecule has 0 radical (unpaired) electrons. The molecule has 4 N–H and O–H groups in total. The Hall–Kier alpha value is -8.40. The summed E-state index contributed by atoms with van der Waals surface area (Å²) in [5.41, 5.74) is 19.7. The number of aryl methyl sites for hydroxylation is 4. The minimum atomic E-state index is -0.860. The van der Waals surface area contributed by atoms with Crippen LogP contribution in [0.1, 0.15) is 182 Å². The Labute approximate surface area is 630 Å². The van der Waals surface area contributed by atoms with Crippen LogP contribution in [0.2, 0.25) is 0 Å². The van der Waals surface area contributed by atoms with E-state index in [0.29, 0.717) is 95.3 Å². The monoisotopic (exact) mass is 1480 g/mol. The fourth-order valence-corrected chi connectivity index (χ4v) is 17.9. The summed E-state index contributed by atoms with van der Waals surface area (Å²) >= 11 is 0. The van der Waals surface area contributed by atoms with Gasteiger partial charge in [-0.3, -0.25) is 33.4 Å². The third-order valence-electron chi connectivity index (χ3n) is 24.2. The fraction of sp³-hybridized carbons (Fsp3) is 0.605. The number of carboxylic acid groups (broad SMARTS) is 1. The molecule has 4 aromatic carbocycles. The number of aromatic carboxylic acids is 1. The van der Waals surface area contributed by atoms with Crippen LogP contribution < -0.4 is 20.9 Å². The first-order valence-electron chi connectivity index (χ1n) is 38.9. The van der Waals surface area contributed by atoms with E-state index in [0.717, 1.165) is 168 Å². The van der Waals surface area contributed by atoms with E-state index < -0.39 is 5.97 Å². The largest absolute Gasteiger partial charge is 0.478 e. The van der Waals surface area contributed by atoms with Crippen molar-refractivity contribution in [2.75, 3.05) is 116 Å². The topological polar surface area (TPSA) is 269 Å². The number of nitrogen functional groups attached to an aromatic ring is 1. The molecule has 6 fully saturated rings. The fourth-order valence-electron chi connectivity index (χ4n) is 17.9. The summed E-state index contributed by atoms with van der Waals surface area (Å²) < 4.78 is 38.4. The number of carbonyl (C=O) groups is 4. The number of nitrogens with one attached hydrogen (secondary N) is 1. The minimum Gasteiger partial charge on any atom is -0.478 e. The first-order chi connectivity index (χ1) is 51.6. The highest BCUT2D eigenvalue weighted by Crippen LogP contribution is 2.43. The molecular formula is C81H117N15O11. The lowest BCUT2D eigenvalue weighted by Crippen LogP contribution is -2.57. The number of esters is 3. The Balaban J connectivity index is 0.000000145. The van der Waals surface area contributed by atoms with Gasteiger partial charge < -0.3 is 54.4 Å². The Morgan fingerprint density at radius 3 is 1.09 bits per heavy atom. The number of hydrogen-bond donors (Lipinski definition) is 3. The maximum Gasteiger partial charge on any atom is 0.338 e. The summed E-state index contributed by atoms with van der Waals surface area (Å²) in [6.45, 7) is 20.8. The average molecular weight is 1480 g/mol. The van der Waals surface area contributed by atoms with Crippen LogP contribution in [0.25, 0.3) is 43.6 Å². The van der Waals surface area contributed by atoms with Gasteiger partial charge in [0.1, 0.15) is 0 Å². The average Bonchev–Trinajstić information content (AvgIpc) is 1.72. The number of carboxylic acids is 1. The molecule has 582 valence electrons. The van der Waals surface area contributed by atoms with Crippen molar-refractivity contribution in [3.8, 4) is 0 Å². The van der Waals surface area contributed by atoms with E-state index in [-0.39, 0.29) is 17.9 Å². The number of anilines is 4. The molecule has 3 aliphatic heterocycles. The van der Waals surface area contributed by atoms with E-state index in [1.165, 1.54) is 78.4 Å². The van der Waals surface area contributed by atoms with Crippen LogP contribution in [0.3, 0.4) is 0 Å². The number of hydrogen-bond acceptors (Lipinski definition) is 21. The highest BCUT2D eigenvalue weighted by molar-refractivity contribution is 6.06. The van der Waals surface area contributed by atoms with Crippen molar-refractivity contribution in [3.63, 3.8) is 0 Å². The maximum atomic E-state index is 12.6. The van der Waals surface area contributed by atoms with Gasteiger partial charge in [0.05, 0.1) is 120 Å². The smallest absolute Gasteiger partial charge is 0.338 e. The number of rotatable bonds is 22. The standard InChI is InChI=1S/C24H36N4O3.C23H34N4O3.C22H32N4O3.C12H15N3O2/c1-6-19-20(24(29)31-5)12-22-21(13-25-26(22)3)23(19)28(7-2)17-10-8-16(9-11-17)27-14-18(15-27)30-4;1-5-18-19(23(28)29)11-21-20(12-24-25(21)3)22(18)27(6-2)16-9-7-15(8-10-16)26-13-17(14-26)30-4;1-5-17-18(22(27)29-4)10-20-19(11-23-25(20)2)21(17)24-14-6-8-15(9-7-14)26-12-16(13-26)28-3;1-4-7-8(12(16)17-3)5-10-9(11(7)13)6-14-15(10)2/h12-13,16-18H,6-11,14-15H2,1-5H3;11-12,15-17H,5-10,13-14H2,1-4H3,(H,28,29);10-11,14-16,24H,5-9,12-13H2,1-4H3;5-6H,4,13H2,1-3H3. The van der Waals surface area contributed by atoms with Gasteiger partial charge in [0.25, 0.3) is 0 Å². The van der Waals surface area contributed by atoms with Gasteiger partial charge in [-0.2, -0.15) is 20.4 Å². The van der Waals surface area contributed by atoms with Gasteiger partial charge in [-0.1, -0.05) is 27.7 Å². The quantitative estimate of drug-likeness (QED) is 0.0323. The molecule has 0 amide bonds. The molecule has 4 aromatic heterocycles. The third kappa shape index (κ3) is 16.3. The molecule has 0 unspecified atom stereocenters. The Morgan fingerprint density at radius 1 is 0.439 bits per heavy atom. The molecule has 14 rings (SSSR count). The number of nitrogens with two attached hydrogens (primary N) is 1. The molecule has 8 aromatic rings. The molecular weight excluding hydrogens is 1360 g/mol. The van der Waals surface area contributed by atoms with E-state index in [2.05, 4.69) is 77.9 Å². The van der Waals surface area contributed by atoms with Crippen LogP contribution in [0.4, 0.5) is 22.7 Å². The summed E-state index contributed by atoms with van der Waals surface area (Å²) in [5, 5.41) is 35.3. The third-order valence-corrected chi connectivity index (χ3v) is 24.2. The number of ether oxygens (including phenoxy) is 6. The van der Waals surface area contributed by atoms with Crippen LogP contribution in [0.5, 0.6) is 0 Å². The Morgan fingerprint density at radius 2 is 0.748 bits per heavy atom. The predicted octanol–water partition coefficient (Wildman–Crippen LogP) is 11.2. The van der Waals surface area contributed by atoms with Crippen LogP contribution in [0.15, 0.2) is 49.1 Å². The number of aromatic nitrogens is 8. The number of likely N-dealkylation sites (tertiary alicyclic amines) is 3. The molecule has 7 heterocycles. The van der Waals surface area contributed by atoms with Crippen LogP contribution >= 0.6 is 0 Å². The lowest BCUT2D eigenvalue weighted by molar-refractivity contribution is -0.0579. The second-order valence-corrected chi connectivity index (χ2v) is 29.7. The maximum absolute atomic E-state index is 12.6. The number of nitrogens with zero attached hydrogens (tertiary/aromatic N) is 13. The first kappa shape index (κ1) is 79.6. The van der Waals surface area contributed by atoms with Crippen molar-refractivity contribution < 1.29 is 52.7 Å². The molecule has 26 heteroatoms. The van der Waals surface area contributed by atoms with E-state index in [4.69, 9.17) is 34.2 Å². The number of benzene rings is 4. The van der Waals surface area contributed by atoms with Crippen molar-refractivity contribution >= 4 is 90.2 Å². The van der Waals surface area contributed by atoms with E-state index >= 15 is 0 Å². The first-order valence-corrected chi connectivity index (χ1v) is 38.9. The molecule has 3 saturated carbocycles. The highest BCUT2D eigenvalue weighted by Gasteiger charge is 2.40. The number of carbonyl (C=O) groups excluding carboxylic acids is 3. The summed E-state index contributed by atoms with van der Waals surface area (Å²) in [6, 6.07) is 10.7. The Kier molecular flexibility index (Phi) is 26.3. The zero-order valence-electron chi connectivity index (χ0n) is 66.2. The van der Waals surface area contributed by atoms with Gasteiger partial charge in [0, 0.05) is 171 Å². The zero-order valence-corrected chi connectivity index (χ0v) is 66.2. The lowest BCUT2D eigenvalue weighted by atomic mass is 9.86. The van der Waals surface area contributed by atoms with Gasteiger partial charge >= 0.3 is 23.9 Å². The van der Waals surface area contributed by atoms with Gasteiger partial charge in [0.2, 0.25) is 0 Å². The summed E-state index contributed by atoms with van der Waals surface area (Å²) in [6.07, 6.45) is 25.7. The SMILES string of the molecule is CCc1c(C(=O)O)cc2c(cnn2C)c1N(CC)C1CCC(N2CC(OC)C2)CC1.CCc1c(C(=O)OC)cc2c(cnn2C)c1N.CCc1c(C(=O)OC)cc2c(cnn2C)c1N(CC)C1CCC(N2CC(OC)C2)CC1.CCc1c(C(=O)OC)cc2c(cnn2C)c1NC1CCC(N2CC(OC)C2)CC1. The minimum absolute atomic E-state index is 0.272. The molecule has 3 saturated heterocycles. The van der Waals surface area contributed by atoms with Crippen LogP contribution in [-0.4, -0.2) is 232 Å². The van der Waals surface area contributed by atoms with Crippen molar-refractivity contribution in [2.24, 2.45) is 28.2 Å². The second kappa shape index (κ2) is 35.3. The normalized spacial score (nSPS) is 20.9. The van der Waals surface area contributed by atoms with Crippen LogP contribution in [-0.2, 0) is 82.3 Å². The number of fused-ring (bicyclic) bond motifs is 4. The van der Waals surface area contributed by atoms with E-state index in [9.17, 15) is 24.3 Å². The lowest BCUT2D eigenvalue weighted by Gasteiger charge is -2.47. The summed E-state index contributed by atoms with van der Waals surface area (Å²) in [7, 11) is 17.2. The van der Waals surface area contributed by atoms with Crippen LogP contribution in [0, 0.1) is 0 Å². The van der Waals surface area contributed by atoms with Gasteiger partial charge in [0.15, 0.2) is 0 Å². The predicted molar refractivity (Wildman–Crippen MR) is 421 cm³/mol. The van der Waals surface area contributed by atoms with Gasteiger partial charge in [-0.15, -0.1) is 0 Å². The van der Waals surface area contributed by atoms with Crippen molar-refractivity contribution in [2.45, 2.75) is 199 Å². The second-order valence-electron chi connectivity index (χ2n) is 29.7. The number of methoxy groups -OCH3 is 6. The van der Waals surface area contributed by atoms with Crippen molar-refractivity contribution in [1.82, 2.24) is 53.8 Å². The summed E-state index contributed by atoms with van der Waals surface area (Å²) in [5.74, 6) is -1.79. The van der Waals surface area contributed by atoms with Gasteiger partial charge in [-0.05, 0) is 163 Å². The molecule has 26 nitrogen and oxygen atoms in total. The van der Waals surface area contributed by atoms with E-state index in [1.807, 2.05) is 89.2 Å². The van der Waals surface area contributed by atoms with Gasteiger partial charge in [-0.25, -0.2) is 19.2 Å². The molecule has 6 aliphatic rings. The molecule has 3 aliphatic carbocycles. The summed E-state index contributed by atoms with van der Waals surface area (Å²) in [4.78, 5) is 61.5. The molecule has 0 atom stereocenters.